The number of anilines is 1. The predicted molar refractivity (Wildman–Crippen MR) is 75.4 cm³/mol. The van der Waals surface area contributed by atoms with Gasteiger partial charge in [-0.3, -0.25) is 13.9 Å². The standard InChI is InChI=1S/C14H17N3O2/c1-10-6-4-5-7-12(10)15-9-11-8-13(18)17(3)14(19)16(11)2/h4-8,15H,9H2,1-3H3. The fraction of sp³-hybridized carbons (Fsp3) is 0.286. The first-order chi connectivity index (χ1) is 9.00. The molecule has 5 heteroatoms. The van der Waals surface area contributed by atoms with Gasteiger partial charge in [-0.2, -0.15) is 0 Å². The molecule has 100 valence electrons. The molecule has 0 saturated carbocycles. The lowest BCUT2D eigenvalue weighted by Crippen LogP contribution is -2.38. The molecular formula is C14H17N3O2. The van der Waals surface area contributed by atoms with Gasteiger partial charge < -0.3 is 5.32 Å². The first-order valence-corrected chi connectivity index (χ1v) is 6.06. The van der Waals surface area contributed by atoms with Crippen molar-refractivity contribution in [2.75, 3.05) is 5.32 Å². The molecule has 0 aliphatic rings. The molecule has 0 saturated heterocycles. The molecule has 2 rings (SSSR count). The molecule has 0 aliphatic carbocycles. The van der Waals surface area contributed by atoms with Crippen molar-refractivity contribution in [2.24, 2.45) is 14.1 Å². The number of aryl methyl sites for hydroxylation is 1. The summed E-state index contributed by atoms with van der Waals surface area (Å²) in [6, 6.07) is 9.36. The van der Waals surface area contributed by atoms with Crippen molar-refractivity contribution >= 4 is 5.69 Å². The van der Waals surface area contributed by atoms with E-state index in [0.29, 0.717) is 12.2 Å². The van der Waals surface area contributed by atoms with E-state index in [1.54, 1.807) is 7.05 Å². The van der Waals surface area contributed by atoms with Crippen molar-refractivity contribution in [3.63, 3.8) is 0 Å². The SMILES string of the molecule is Cc1ccccc1NCc1cc(=O)n(C)c(=O)n1C. The summed E-state index contributed by atoms with van der Waals surface area (Å²) in [5, 5.41) is 3.24. The summed E-state index contributed by atoms with van der Waals surface area (Å²) >= 11 is 0. The average Bonchev–Trinajstić information content (AvgIpc) is 2.40. The summed E-state index contributed by atoms with van der Waals surface area (Å²) < 4.78 is 2.57. The average molecular weight is 259 g/mol. The van der Waals surface area contributed by atoms with Crippen molar-refractivity contribution < 1.29 is 0 Å². The molecule has 0 spiro atoms. The van der Waals surface area contributed by atoms with Gasteiger partial charge in [0.25, 0.3) is 5.56 Å². The van der Waals surface area contributed by atoms with Crippen molar-refractivity contribution in [3.8, 4) is 0 Å². The lowest BCUT2D eigenvalue weighted by atomic mass is 10.2. The Bertz CT molecular complexity index is 713. The molecule has 1 aromatic heterocycles. The van der Waals surface area contributed by atoms with Crippen molar-refractivity contribution in [2.45, 2.75) is 13.5 Å². The third-order valence-electron chi connectivity index (χ3n) is 3.23. The Morgan fingerprint density at radius 2 is 1.79 bits per heavy atom. The Kier molecular flexibility index (Phi) is 3.55. The fourth-order valence-electron chi connectivity index (χ4n) is 1.90. The predicted octanol–water partition coefficient (Wildman–Crippen LogP) is 1.00. The highest BCUT2D eigenvalue weighted by Crippen LogP contribution is 2.13. The maximum atomic E-state index is 11.8. The Hall–Kier alpha value is -2.30. The molecule has 0 bridgehead atoms. The van der Waals surface area contributed by atoms with Gasteiger partial charge in [0.1, 0.15) is 0 Å². The number of benzene rings is 1. The maximum Gasteiger partial charge on any atom is 0.330 e. The van der Waals surface area contributed by atoms with Crippen molar-refractivity contribution in [3.05, 3.63) is 62.4 Å². The van der Waals surface area contributed by atoms with Gasteiger partial charge in [-0.25, -0.2) is 4.79 Å². The van der Waals surface area contributed by atoms with E-state index in [4.69, 9.17) is 0 Å². The summed E-state index contributed by atoms with van der Waals surface area (Å²) in [6.07, 6.45) is 0. The van der Waals surface area contributed by atoms with Gasteiger partial charge in [0.15, 0.2) is 0 Å². The van der Waals surface area contributed by atoms with E-state index in [2.05, 4.69) is 5.32 Å². The van der Waals surface area contributed by atoms with Gasteiger partial charge in [-0.15, -0.1) is 0 Å². The molecule has 0 atom stereocenters. The lowest BCUT2D eigenvalue weighted by Gasteiger charge is -2.12. The minimum atomic E-state index is -0.311. The molecule has 0 amide bonds. The third-order valence-corrected chi connectivity index (χ3v) is 3.23. The topological polar surface area (TPSA) is 56.0 Å². The first-order valence-electron chi connectivity index (χ1n) is 6.06. The van der Waals surface area contributed by atoms with E-state index < -0.39 is 0 Å². The van der Waals surface area contributed by atoms with Crippen LogP contribution < -0.4 is 16.6 Å². The van der Waals surface area contributed by atoms with Gasteiger partial charge in [-0.05, 0) is 18.6 Å². The summed E-state index contributed by atoms with van der Waals surface area (Å²) in [7, 11) is 3.14. The summed E-state index contributed by atoms with van der Waals surface area (Å²) in [5.74, 6) is 0. The van der Waals surface area contributed by atoms with Crippen LogP contribution in [0.2, 0.25) is 0 Å². The van der Waals surface area contributed by atoms with Crippen LogP contribution in [0.25, 0.3) is 0 Å². The van der Waals surface area contributed by atoms with Gasteiger partial charge in [0, 0.05) is 31.5 Å². The van der Waals surface area contributed by atoms with E-state index in [9.17, 15) is 9.59 Å². The number of rotatable bonds is 3. The maximum absolute atomic E-state index is 11.8. The van der Waals surface area contributed by atoms with E-state index in [1.807, 2.05) is 31.2 Å². The Labute approximate surface area is 111 Å². The normalized spacial score (nSPS) is 10.5. The quantitative estimate of drug-likeness (QED) is 0.895. The largest absolute Gasteiger partial charge is 0.379 e. The highest BCUT2D eigenvalue weighted by Gasteiger charge is 2.06. The lowest BCUT2D eigenvalue weighted by molar-refractivity contribution is 0.655. The van der Waals surface area contributed by atoms with Crippen LogP contribution in [-0.2, 0) is 20.6 Å². The second kappa shape index (κ2) is 5.14. The number of hydrogen-bond donors (Lipinski definition) is 1. The van der Waals surface area contributed by atoms with E-state index in [1.165, 1.54) is 17.7 Å². The number of hydrogen-bond acceptors (Lipinski definition) is 3. The highest BCUT2D eigenvalue weighted by atomic mass is 16.2. The van der Waals surface area contributed by atoms with Gasteiger partial charge in [0.2, 0.25) is 0 Å². The Morgan fingerprint density at radius 3 is 2.47 bits per heavy atom. The van der Waals surface area contributed by atoms with Crippen LogP contribution in [0.4, 0.5) is 5.69 Å². The zero-order valence-corrected chi connectivity index (χ0v) is 11.3. The number of aromatic nitrogens is 2. The molecule has 1 N–H and O–H groups in total. The molecule has 2 aromatic rings. The highest BCUT2D eigenvalue weighted by molar-refractivity contribution is 5.50. The molecule has 19 heavy (non-hydrogen) atoms. The molecule has 0 unspecified atom stereocenters. The van der Waals surface area contributed by atoms with Crippen LogP contribution in [0.1, 0.15) is 11.3 Å². The number of nitrogens with one attached hydrogen (secondary N) is 1. The smallest absolute Gasteiger partial charge is 0.330 e. The molecule has 0 fully saturated rings. The van der Waals surface area contributed by atoms with Crippen LogP contribution >= 0.6 is 0 Å². The second-order valence-electron chi connectivity index (χ2n) is 4.54. The molecule has 5 nitrogen and oxygen atoms in total. The van der Waals surface area contributed by atoms with Crippen molar-refractivity contribution in [1.29, 1.82) is 0 Å². The van der Waals surface area contributed by atoms with E-state index in [-0.39, 0.29) is 11.2 Å². The van der Waals surface area contributed by atoms with Crippen molar-refractivity contribution in [1.82, 2.24) is 9.13 Å². The van der Waals surface area contributed by atoms with E-state index in [0.717, 1.165) is 15.8 Å². The molecular weight excluding hydrogens is 242 g/mol. The minimum Gasteiger partial charge on any atom is -0.379 e. The van der Waals surface area contributed by atoms with E-state index >= 15 is 0 Å². The molecule has 1 aromatic carbocycles. The van der Waals surface area contributed by atoms with Gasteiger partial charge >= 0.3 is 5.69 Å². The monoisotopic (exact) mass is 259 g/mol. The van der Waals surface area contributed by atoms with Crippen LogP contribution in [0, 0.1) is 6.92 Å². The van der Waals surface area contributed by atoms with Crippen LogP contribution in [0.15, 0.2) is 39.9 Å². The summed E-state index contributed by atoms with van der Waals surface area (Å²) in [4.78, 5) is 23.4. The second-order valence-corrected chi connectivity index (χ2v) is 4.54. The Morgan fingerprint density at radius 1 is 1.11 bits per heavy atom. The first kappa shape index (κ1) is 13.1. The zero-order chi connectivity index (χ0) is 14.0. The molecule has 0 aliphatic heterocycles. The van der Waals surface area contributed by atoms with Crippen LogP contribution in [0.3, 0.4) is 0 Å². The fourth-order valence-corrected chi connectivity index (χ4v) is 1.90. The number of nitrogens with zero attached hydrogens (tertiary/aromatic N) is 2. The van der Waals surface area contributed by atoms with Crippen LogP contribution in [0.5, 0.6) is 0 Å². The summed E-state index contributed by atoms with van der Waals surface area (Å²) in [5.41, 5.74) is 2.18. The summed E-state index contributed by atoms with van der Waals surface area (Å²) in [6.45, 7) is 2.44. The minimum absolute atomic E-state index is 0.287. The zero-order valence-electron chi connectivity index (χ0n) is 11.3. The van der Waals surface area contributed by atoms with Crippen LogP contribution in [-0.4, -0.2) is 9.13 Å². The van der Waals surface area contributed by atoms with Gasteiger partial charge in [0.05, 0.1) is 6.54 Å². The van der Waals surface area contributed by atoms with Gasteiger partial charge in [-0.1, -0.05) is 18.2 Å². The molecule has 0 radical (unpaired) electrons. The third kappa shape index (κ3) is 2.59. The Balaban J connectivity index is 2.29. The molecule has 1 heterocycles. The number of para-hydroxylation sites is 1.